The van der Waals surface area contributed by atoms with E-state index in [0.717, 1.165) is 20.1 Å². The van der Waals surface area contributed by atoms with E-state index in [1.54, 1.807) is 13.8 Å². The van der Waals surface area contributed by atoms with E-state index in [-0.39, 0.29) is 0 Å². The van der Waals surface area contributed by atoms with Crippen molar-refractivity contribution in [3.05, 3.63) is 0 Å². The Bertz CT molecular complexity index is 316. The van der Waals surface area contributed by atoms with Gasteiger partial charge in [0.05, 0.1) is 19.3 Å². The minimum absolute atomic E-state index is 0.520. The zero-order chi connectivity index (χ0) is 14.8. The van der Waals surface area contributed by atoms with Gasteiger partial charge < -0.3 is 4.84 Å². The van der Waals surface area contributed by atoms with Gasteiger partial charge in [-0.3, -0.25) is 4.18 Å². The highest BCUT2D eigenvalue weighted by molar-refractivity contribution is 7.81. The van der Waals surface area contributed by atoms with Crippen molar-refractivity contribution in [2.75, 3.05) is 20.3 Å². The van der Waals surface area contributed by atoms with E-state index in [0.29, 0.717) is 19.4 Å². The van der Waals surface area contributed by atoms with E-state index in [1.165, 1.54) is 12.8 Å². The fourth-order valence-corrected chi connectivity index (χ4v) is 2.22. The lowest BCUT2D eigenvalue weighted by atomic mass is 10.0. The number of nitrogens with one attached hydrogen (secondary N) is 1. The average Bonchev–Trinajstić information content (AvgIpc) is 2.31. The maximum Gasteiger partial charge on any atom is 0.400 e. The van der Waals surface area contributed by atoms with Crippen LogP contribution in [0.15, 0.2) is 0 Å². The van der Waals surface area contributed by atoms with Crippen LogP contribution in [0.1, 0.15) is 52.9 Å². The molecule has 0 aliphatic rings. The molecule has 0 bridgehead atoms. The maximum absolute atomic E-state index is 11.2. The fraction of sp³-hybridized carbons (Fsp3) is 1.00. The Morgan fingerprint density at radius 3 is 2.42 bits per heavy atom. The summed E-state index contributed by atoms with van der Waals surface area (Å²) in [5.74, 6) is 0. The SMILES string of the molecule is CCCCCNOCCCC(C)(C)OS(=O)(=O)OC. The standard InChI is InChI=1S/C12H27NO5S/c1-5-6-7-10-13-17-11-8-9-12(2,3)18-19(14,15)16-4/h13H,5-11H2,1-4H3. The van der Waals surface area contributed by atoms with Crippen LogP contribution in [0.25, 0.3) is 0 Å². The highest BCUT2D eigenvalue weighted by atomic mass is 32.3. The molecule has 0 atom stereocenters. The van der Waals surface area contributed by atoms with Gasteiger partial charge in [0.1, 0.15) is 0 Å². The lowest BCUT2D eigenvalue weighted by Gasteiger charge is -2.23. The van der Waals surface area contributed by atoms with Gasteiger partial charge in [-0.05, 0) is 33.1 Å². The van der Waals surface area contributed by atoms with E-state index in [2.05, 4.69) is 16.6 Å². The smallest absolute Gasteiger partial charge is 0.302 e. The Morgan fingerprint density at radius 1 is 1.16 bits per heavy atom. The van der Waals surface area contributed by atoms with Crippen LogP contribution in [0.2, 0.25) is 0 Å². The van der Waals surface area contributed by atoms with Crippen LogP contribution >= 0.6 is 0 Å². The van der Waals surface area contributed by atoms with Crippen LogP contribution < -0.4 is 5.48 Å². The third-order valence-corrected chi connectivity index (χ3v) is 3.61. The largest absolute Gasteiger partial charge is 0.400 e. The second-order valence-electron chi connectivity index (χ2n) is 4.97. The minimum Gasteiger partial charge on any atom is -0.302 e. The summed E-state index contributed by atoms with van der Waals surface area (Å²) >= 11 is 0. The van der Waals surface area contributed by atoms with Crippen molar-refractivity contribution in [2.24, 2.45) is 0 Å². The molecule has 0 saturated heterocycles. The topological polar surface area (TPSA) is 73.9 Å². The molecule has 0 heterocycles. The monoisotopic (exact) mass is 297 g/mol. The Balaban J connectivity index is 3.64. The van der Waals surface area contributed by atoms with Crippen LogP contribution in [0.5, 0.6) is 0 Å². The van der Waals surface area contributed by atoms with Crippen molar-refractivity contribution < 1.29 is 21.6 Å². The zero-order valence-corrected chi connectivity index (χ0v) is 13.2. The molecular weight excluding hydrogens is 270 g/mol. The summed E-state index contributed by atoms with van der Waals surface area (Å²) in [6.07, 6.45) is 4.73. The van der Waals surface area contributed by atoms with Gasteiger partial charge in [0, 0.05) is 6.54 Å². The highest BCUT2D eigenvalue weighted by Gasteiger charge is 2.26. The van der Waals surface area contributed by atoms with Crippen LogP contribution in [-0.4, -0.2) is 34.3 Å². The molecule has 0 saturated carbocycles. The molecule has 0 spiro atoms. The van der Waals surface area contributed by atoms with Crippen molar-refractivity contribution in [1.29, 1.82) is 0 Å². The molecule has 1 N–H and O–H groups in total. The molecule has 19 heavy (non-hydrogen) atoms. The second kappa shape index (κ2) is 9.66. The second-order valence-corrected chi connectivity index (χ2v) is 6.29. The number of hydrogen-bond donors (Lipinski definition) is 1. The molecule has 0 rings (SSSR count). The number of unbranched alkanes of at least 4 members (excludes halogenated alkanes) is 2. The molecule has 0 aliphatic carbocycles. The summed E-state index contributed by atoms with van der Waals surface area (Å²) in [6, 6.07) is 0. The van der Waals surface area contributed by atoms with Gasteiger partial charge in [0.2, 0.25) is 0 Å². The normalized spacial score (nSPS) is 12.8. The first-order chi connectivity index (χ1) is 8.83. The van der Waals surface area contributed by atoms with Crippen LogP contribution in [-0.2, 0) is 23.6 Å². The quantitative estimate of drug-likeness (QED) is 0.439. The van der Waals surface area contributed by atoms with Crippen molar-refractivity contribution in [3.8, 4) is 0 Å². The van der Waals surface area contributed by atoms with E-state index in [9.17, 15) is 8.42 Å². The van der Waals surface area contributed by atoms with Crippen molar-refractivity contribution >= 4 is 10.4 Å². The number of hydrogen-bond acceptors (Lipinski definition) is 6. The molecule has 7 heteroatoms. The molecule has 0 unspecified atom stereocenters. The molecular formula is C12H27NO5S. The van der Waals surface area contributed by atoms with E-state index in [1.807, 2.05) is 0 Å². The summed E-state index contributed by atoms with van der Waals surface area (Å²) < 4.78 is 31.5. The van der Waals surface area contributed by atoms with Crippen molar-refractivity contribution in [1.82, 2.24) is 5.48 Å². The molecule has 116 valence electrons. The molecule has 0 aromatic rings. The Hall–Kier alpha value is -0.210. The Labute approximate surface area is 117 Å². The highest BCUT2D eigenvalue weighted by Crippen LogP contribution is 2.19. The summed E-state index contributed by atoms with van der Waals surface area (Å²) in [5.41, 5.74) is 2.09. The molecule has 0 aromatic carbocycles. The molecule has 0 aliphatic heterocycles. The first-order valence-electron chi connectivity index (χ1n) is 6.69. The predicted molar refractivity (Wildman–Crippen MR) is 73.8 cm³/mol. The lowest BCUT2D eigenvalue weighted by molar-refractivity contribution is 0.0216. The van der Waals surface area contributed by atoms with Crippen LogP contribution in [0.4, 0.5) is 0 Å². The molecule has 0 radical (unpaired) electrons. The summed E-state index contributed by atoms with van der Waals surface area (Å²) in [4.78, 5) is 5.25. The van der Waals surface area contributed by atoms with Gasteiger partial charge in [-0.15, -0.1) is 0 Å². The number of rotatable bonds is 12. The van der Waals surface area contributed by atoms with Gasteiger partial charge in [-0.1, -0.05) is 19.8 Å². The zero-order valence-electron chi connectivity index (χ0n) is 12.4. The lowest BCUT2D eigenvalue weighted by Crippen LogP contribution is -2.29. The third kappa shape index (κ3) is 11.3. The maximum atomic E-state index is 11.2. The first-order valence-corrected chi connectivity index (χ1v) is 8.02. The fourth-order valence-electron chi connectivity index (χ4n) is 1.51. The van der Waals surface area contributed by atoms with Gasteiger partial charge >= 0.3 is 10.4 Å². The van der Waals surface area contributed by atoms with Gasteiger partial charge in [-0.2, -0.15) is 8.42 Å². The van der Waals surface area contributed by atoms with E-state index < -0.39 is 16.0 Å². The predicted octanol–water partition coefficient (Wildman–Crippen LogP) is 2.16. The molecule has 6 nitrogen and oxygen atoms in total. The van der Waals surface area contributed by atoms with Gasteiger partial charge in [-0.25, -0.2) is 9.66 Å². The van der Waals surface area contributed by atoms with Gasteiger partial charge in [0.15, 0.2) is 0 Å². The summed E-state index contributed by atoms with van der Waals surface area (Å²) in [7, 11) is -2.81. The molecule has 0 fully saturated rings. The van der Waals surface area contributed by atoms with Crippen LogP contribution in [0, 0.1) is 0 Å². The molecule has 0 aromatic heterocycles. The number of hydroxylamine groups is 1. The Morgan fingerprint density at radius 2 is 1.84 bits per heavy atom. The van der Waals surface area contributed by atoms with E-state index in [4.69, 9.17) is 9.02 Å². The Kier molecular flexibility index (Phi) is 9.55. The summed E-state index contributed by atoms with van der Waals surface area (Å²) in [5, 5.41) is 0. The van der Waals surface area contributed by atoms with Crippen molar-refractivity contribution in [3.63, 3.8) is 0 Å². The van der Waals surface area contributed by atoms with Gasteiger partial charge in [0.25, 0.3) is 0 Å². The van der Waals surface area contributed by atoms with Crippen molar-refractivity contribution in [2.45, 2.75) is 58.5 Å². The van der Waals surface area contributed by atoms with E-state index >= 15 is 0 Å². The molecule has 0 amide bonds. The first kappa shape index (κ1) is 18.8. The van der Waals surface area contributed by atoms with Crippen LogP contribution in [0.3, 0.4) is 0 Å². The minimum atomic E-state index is -3.89. The average molecular weight is 297 g/mol. The summed E-state index contributed by atoms with van der Waals surface area (Å²) in [6.45, 7) is 6.92. The third-order valence-electron chi connectivity index (χ3n) is 2.54.